The molecule has 0 saturated carbocycles. The van der Waals surface area contributed by atoms with E-state index in [9.17, 15) is 18.0 Å². The molecular weight excluding hydrogens is 243 g/mol. The molecule has 0 fully saturated rings. The van der Waals surface area contributed by atoms with Crippen LogP contribution in [0, 0.1) is 0 Å². The van der Waals surface area contributed by atoms with E-state index >= 15 is 0 Å². The topological polar surface area (TPSA) is 43.1 Å². The molecule has 86 valence electrons. The van der Waals surface area contributed by atoms with Crippen molar-refractivity contribution >= 4 is 23.6 Å². The predicted octanol–water partition coefficient (Wildman–Crippen LogP) is 2.86. The summed E-state index contributed by atoms with van der Waals surface area (Å²) in [7, 11) is 0. The fourth-order valence-corrected chi connectivity index (χ4v) is 1.37. The summed E-state index contributed by atoms with van der Waals surface area (Å²) in [6.45, 7) is 0. The van der Waals surface area contributed by atoms with Crippen LogP contribution >= 0.6 is 11.6 Å². The Morgan fingerprint density at radius 1 is 1.38 bits per heavy atom. The van der Waals surface area contributed by atoms with Crippen LogP contribution in [0.25, 0.3) is 6.08 Å². The minimum Gasteiger partial charge on any atom is -0.366 e. The van der Waals surface area contributed by atoms with Gasteiger partial charge in [-0.05, 0) is 17.7 Å². The number of hydrogen-bond donors (Lipinski definition) is 1. The van der Waals surface area contributed by atoms with Crippen LogP contribution < -0.4 is 5.73 Å². The van der Waals surface area contributed by atoms with Crippen molar-refractivity contribution in [1.29, 1.82) is 0 Å². The van der Waals surface area contributed by atoms with Gasteiger partial charge in [0, 0.05) is 6.08 Å². The van der Waals surface area contributed by atoms with Gasteiger partial charge in [0.2, 0.25) is 5.91 Å². The summed E-state index contributed by atoms with van der Waals surface area (Å²) in [6, 6.07) is 3.43. The zero-order valence-electron chi connectivity index (χ0n) is 7.88. The highest BCUT2D eigenvalue weighted by Gasteiger charge is 2.33. The van der Waals surface area contributed by atoms with Gasteiger partial charge in [-0.2, -0.15) is 13.2 Å². The number of hydrogen-bond acceptors (Lipinski definition) is 1. The molecule has 0 aliphatic rings. The van der Waals surface area contributed by atoms with Gasteiger partial charge in [0.05, 0.1) is 10.6 Å². The zero-order valence-corrected chi connectivity index (χ0v) is 8.64. The van der Waals surface area contributed by atoms with Crippen LogP contribution in [0.2, 0.25) is 5.02 Å². The summed E-state index contributed by atoms with van der Waals surface area (Å²) in [4.78, 5) is 10.4. The van der Waals surface area contributed by atoms with E-state index in [2.05, 4.69) is 0 Å². The summed E-state index contributed by atoms with van der Waals surface area (Å²) in [5.74, 6) is -0.756. The molecule has 0 aliphatic carbocycles. The van der Waals surface area contributed by atoms with E-state index in [1.165, 1.54) is 12.1 Å². The summed E-state index contributed by atoms with van der Waals surface area (Å²) in [6.07, 6.45) is -2.44. The standard InChI is InChI=1S/C10H7ClF3NO/c11-9-6(4-5-8(15)16)2-1-3-7(9)10(12,13)14/h1-5H,(H2,15,16). The molecule has 16 heavy (non-hydrogen) atoms. The van der Waals surface area contributed by atoms with Crippen LogP contribution in [0.3, 0.4) is 0 Å². The van der Waals surface area contributed by atoms with Gasteiger partial charge >= 0.3 is 6.18 Å². The second-order valence-corrected chi connectivity index (χ2v) is 3.32. The summed E-state index contributed by atoms with van der Waals surface area (Å²) in [5, 5.41) is -0.451. The first-order valence-electron chi connectivity index (χ1n) is 4.15. The van der Waals surface area contributed by atoms with Gasteiger partial charge in [0.1, 0.15) is 0 Å². The molecule has 0 bridgehead atoms. The van der Waals surface area contributed by atoms with Crippen molar-refractivity contribution in [3.05, 3.63) is 40.4 Å². The summed E-state index contributed by atoms with van der Waals surface area (Å²) >= 11 is 5.55. The monoisotopic (exact) mass is 249 g/mol. The lowest BCUT2D eigenvalue weighted by atomic mass is 10.1. The molecular formula is C10H7ClF3NO. The van der Waals surface area contributed by atoms with Crippen molar-refractivity contribution in [2.24, 2.45) is 5.73 Å². The number of nitrogens with two attached hydrogens (primary N) is 1. The number of primary amides is 1. The van der Waals surface area contributed by atoms with Gasteiger partial charge < -0.3 is 5.73 Å². The van der Waals surface area contributed by atoms with Crippen molar-refractivity contribution in [2.45, 2.75) is 6.18 Å². The maximum Gasteiger partial charge on any atom is 0.417 e. The summed E-state index contributed by atoms with van der Waals surface area (Å²) < 4.78 is 37.3. The highest BCUT2D eigenvalue weighted by Crippen LogP contribution is 2.36. The Balaban J connectivity index is 3.19. The first-order chi connectivity index (χ1) is 7.32. The van der Waals surface area contributed by atoms with Gasteiger partial charge in [-0.3, -0.25) is 4.79 Å². The Morgan fingerprint density at radius 2 is 2.00 bits per heavy atom. The quantitative estimate of drug-likeness (QED) is 0.805. The lowest BCUT2D eigenvalue weighted by molar-refractivity contribution is -0.137. The highest BCUT2D eigenvalue weighted by atomic mass is 35.5. The fraction of sp³-hybridized carbons (Fsp3) is 0.100. The molecule has 1 aromatic rings. The van der Waals surface area contributed by atoms with Crippen molar-refractivity contribution in [3.8, 4) is 0 Å². The van der Waals surface area contributed by atoms with Gasteiger partial charge in [0.15, 0.2) is 0 Å². The molecule has 1 aromatic carbocycles. The molecule has 0 unspecified atom stereocenters. The van der Waals surface area contributed by atoms with E-state index in [0.717, 1.165) is 18.2 Å². The van der Waals surface area contributed by atoms with Crippen LogP contribution in [-0.4, -0.2) is 5.91 Å². The molecule has 0 radical (unpaired) electrons. The average molecular weight is 250 g/mol. The van der Waals surface area contributed by atoms with Crippen LogP contribution in [0.5, 0.6) is 0 Å². The third kappa shape index (κ3) is 3.00. The van der Waals surface area contributed by atoms with E-state index < -0.39 is 22.7 Å². The normalized spacial score (nSPS) is 12.0. The van der Waals surface area contributed by atoms with Crippen molar-refractivity contribution in [3.63, 3.8) is 0 Å². The van der Waals surface area contributed by atoms with Crippen molar-refractivity contribution < 1.29 is 18.0 Å². The minimum absolute atomic E-state index is 0.0929. The van der Waals surface area contributed by atoms with Crippen LogP contribution in [-0.2, 0) is 11.0 Å². The molecule has 1 rings (SSSR count). The SMILES string of the molecule is NC(=O)C=Cc1cccc(C(F)(F)F)c1Cl. The number of benzene rings is 1. The lowest BCUT2D eigenvalue weighted by Gasteiger charge is -2.10. The Kier molecular flexibility index (Phi) is 3.59. The van der Waals surface area contributed by atoms with Crippen molar-refractivity contribution in [1.82, 2.24) is 0 Å². The second kappa shape index (κ2) is 4.57. The number of rotatable bonds is 2. The van der Waals surface area contributed by atoms with Gasteiger partial charge in [-0.1, -0.05) is 23.7 Å². The van der Waals surface area contributed by atoms with Crippen molar-refractivity contribution in [2.75, 3.05) is 0 Å². The average Bonchev–Trinajstić information content (AvgIpc) is 2.14. The number of alkyl halides is 3. The van der Waals surface area contributed by atoms with Gasteiger partial charge in [-0.25, -0.2) is 0 Å². The fourth-order valence-electron chi connectivity index (χ4n) is 1.07. The molecule has 0 saturated heterocycles. The molecule has 0 aliphatic heterocycles. The van der Waals surface area contributed by atoms with E-state index in [1.807, 2.05) is 0 Å². The lowest BCUT2D eigenvalue weighted by Crippen LogP contribution is -2.07. The third-order valence-electron chi connectivity index (χ3n) is 1.76. The largest absolute Gasteiger partial charge is 0.417 e. The molecule has 2 nitrogen and oxygen atoms in total. The first kappa shape index (κ1) is 12.6. The molecule has 0 aromatic heterocycles. The van der Waals surface area contributed by atoms with E-state index in [0.29, 0.717) is 0 Å². The smallest absolute Gasteiger partial charge is 0.366 e. The molecule has 6 heteroatoms. The zero-order chi connectivity index (χ0) is 12.3. The Morgan fingerprint density at radius 3 is 2.50 bits per heavy atom. The Labute approximate surface area is 94.5 Å². The second-order valence-electron chi connectivity index (χ2n) is 2.94. The Bertz CT molecular complexity index is 440. The van der Waals surface area contributed by atoms with E-state index in [4.69, 9.17) is 17.3 Å². The molecule has 0 spiro atoms. The van der Waals surface area contributed by atoms with Gasteiger partial charge in [0.25, 0.3) is 0 Å². The molecule has 0 atom stereocenters. The Hall–Kier alpha value is -1.49. The predicted molar refractivity (Wildman–Crippen MR) is 54.7 cm³/mol. The van der Waals surface area contributed by atoms with E-state index in [-0.39, 0.29) is 5.56 Å². The molecule has 0 heterocycles. The molecule has 2 N–H and O–H groups in total. The van der Waals surface area contributed by atoms with Gasteiger partial charge in [-0.15, -0.1) is 0 Å². The number of carbonyl (C=O) groups is 1. The maximum absolute atomic E-state index is 12.4. The maximum atomic E-state index is 12.4. The molecule has 1 amide bonds. The minimum atomic E-state index is -4.52. The van der Waals surface area contributed by atoms with E-state index in [1.54, 1.807) is 0 Å². The van der Waals surface area contributed by atoms with Crippen LogP contribution in [0.4, 0.5) is 13.2 Å². The van der Waals surface area contributed by atoms with Crippen LogP contribution in [0.15, 0.2) is 24.3 Å². The number of halogens is 4. The highest BCUT2D eigenvalue weighted by molar-refractivity contribution is 6.33. The number of carbonyl (C=O) groups excluding carboxylic acids is 1. The number of amides is 1. The third-order valence-corrected chi connectivity index (χ3v) is 2.18. The summed E-state index contributed by atoms with van der Waals surface area (Å²) in [5.41, 5.74) is 3.97. The van der Waals surface area contributed by atoms with Crippen LogP contribution in [0.1, 0.15) is 11.1 Å². The first-order valence-corrected chi connectivity index (χ1v) is 4.53.